The lowest BCUT2D eigenvalue weighted by Crippen LogP contribution is -2.38. The maximum Gasteiger partial charge on any atom is 0.191 e. The van der Waals surface area contributed by atoms with E-state index in [1.807, 2.05) is 0 Å². The van der Waals surface area contributed by atoms with E-state index in [9.17, 15) is 0 Å². The number of nitrogens with zero attached hydrogens (tertiary/aromatic N) is 2. The fourth-order valence-electron chi connectivity index (χ4n) is 2.52. The Kier molecular flexibility index (Phi) is 9.21. The van der Waals surface area contributed by atoms with Crippen molar-refractivity contribution in [2.24, 2.45) is 4.99 Å². The molecule has 6 nitrogen and oxygen atoms in total. The van der Waals surface area contributed by atoms with Crippen LogP contribution in [0.4, 0.5) is 0 Å². The first-order valence-corrected chi connectivity index (χ1v) is 10.2. The van der Waals surface area contributed by atoms with E-state index in [1.165, 1.54) is 0 Å². The summed E-state index contributed by atoms with van der Waals surface area (Å²) in [6.45, 7) is 11.2. The number of guanidine groups is 1. The molecule has 1 saturated heterocycles. The first-order chi connectivity index (χ1) is 12.2. The first kappa shape index (κ1) is 20.1. The molecule has 0 atom stereocenters. The standard InChI is InChI=1S/C18H32N4O2S/c1-4-19-18(21-12-17-22-16(13-25-17)14(2)3)20-8-5-9-24-15-6-10-23-11-7-15/h13-15H,4-12H2,1-3H3,(H2,19,20,21). The Morgan fingerprint density at radius 2 is 2.20 bits per heavy atom. The van der Waals surface area contributed by atoms with Gasteiger partial charge in [0.25, 0.3) is 0 Å². The molecule has 0 unspecified atom stereocenters. The maximum absolute atomic E-state index is 5.89. The molecule has 1 fully saturated rings. The van der Waals surface area contributed by atoms with Crippen molar-refractivity contribution in [1.29, 1.82) is 0 Å². The van der Waals surface area contributed by atoms with Crippen molar-refractivity contribution >= 4 is 17.3 Å². The summed E-state index contributed by atoms with van der Waals surface area (Å²) in [4.78, 5) is 9.26. The molecule has 2 heterocycles. The van der Waals surface area contributed by atoms with Crippen molar-refractivity contribution < 1.29 is 9.47 Å². The first-order valence-electron chi connectivity index (χ1n) is 9.34. The quantitative estimate of drug-likeness (QED) is 0.398. The normalized spacial score (nSPS) is 16.4. The average molecular weight is 369 g/mol. The van der Waals surface area contributed by atoms with Gasteiger partial charge >= 0.3 is 0 Å². The van der Waals surface area contributed by atoms with Gasteiger partial charge in [-0.2, -0.15) is 0 Å². The molecule has 2 rings (SSSR count). The Bertz CT molecular complexity index is 513. The van der Waals surface area contributed by atoms with Crippen LogP contribution in [0.25, 0.3) is 0 Å². The predicted molar refractivity (Wildman–Crippen MR) is 103 cm³/mol. The Morgan fingerprint density at radius 3 is 2.88 bits per heavy atom. The number of hydrogen-bond acceptors (Lipinski definition) is 5. The third-order valence-corrected chi connectivity index (χ3v) is 4.86. The van der Waals surface area contributed by atoms with Gasteiger partial charge in [0.15, 0.2) is 5.96 Å². The van der Waals surface area contributed by atoms with Gasteiger partial charge in [0, 0.05) is 38.3 Å². The van der Waals surface area contributed by atoms with Crippen molar-refractivity contribution in [2.45, 2.75) is 58.6 Å². The Labute approximate surface area is 155 Å². The number of hydrogen-bond donors (Lipinski definition) is 2. The monoisotopic (exact) mass is 368 g/mol. The van der Waals surface area contributed by atoms with Gasteiger partial charge in [0.2, 0.25) is 0 Å². The van der Waals surface area contributed by atoms with Gasteiger partial charge in [-0.3, -0.25) is 0 Å². The molecule has 0 bridgehead atoms. The zero-order valence-corrected chi connectivity index (χ0v) is 16.5. The lowest BCUT2D eigenvalue weighted by molar-refractivity contribution is -0.0320. The highest BCUT2D eigenvalue weighted by Crippen LogP contribution is 2.18. The predicted octanol–water partition coefficient (Wildman–Crippen LogP) is 2.91. The molecule has 142 valence electrons. The highest BCUT2D eigenvalue weighted by Gasteiger charge is 2.13. The van der Waals surface area contributed by atoms with Crippen molar-refractivity contribution in [1.82, 2.24) is 15.6 Å². The fourth-order valence-corrected chi connectivity index (χ4v) is 3.40. The summed E-state index contributed by atoms with van der Waals surface area (Å²) in [5.41, 5.74) is 1.15. The third-order valence-electron chi connectivity index (χ3n) is 4.01. The van der Waals surface area contributed by atoms with Crippen LogP contribution in [0.5, 0.6) is 0 Å². The van der Waals surface area contributed by atoms with E-state index >= 15 is 0 Å². The number of thiazole rings is 1. The average Bonchev–Trinajstić information content (AvgIpc) is 3.09. The van der Waals surface area contributed by atoms with Gasteiger partial charge in [0.1, 0.15) is 5.01 Å². The Morgan fingerprint density at radius 1 is 1.40 bits per heavy atom. The molecule has 7 heteroatoms. The van der Waals surface area contributed by atoms with Crippen molar-refractivity contribution in [3.05, 3.63) is 16.1 Å². The largest absolute Gasteiger partial charge is 0.381 e. The van der Waals surface area contributed by atoms with E-state index in [2.05, 4.69) is 46.8 Å². The van der Waals surface area contributed by atoms with Crippen LogP contribution < -0.4 is 10.6 Å². The van der Waals surface area contributed by atoms with E-state index in [0.717, 1.165) is 68.8 Å². The Hall–Kier alpha value is -1.18. The van der Waals surface area contributed by atoms with Crippen LogP contribution in [-0.2, 0) is 16.0 Å². The number of aliphatic imine (C=N–C) groups is 1. The van der Waals surface area contributed by atoms with Crippen LogP contribution in [0.3, 0.4) is 0 Å². The van der Waals surface area contributed by atoms with Crippen LogP contribution in [0.15, 0.2) is 10.4 Å². The number of rotatable bonds is 9. The van der Waals surface area contributed by atoms with E-state index < -0.39 is 0 Å². The van der Waals surface area contributed by atoms with Crippen molar-refractivity contribution in [2.75, 3.05) is 32.9 Å². The third kappa shape index (κ3) is 7.71. The number of nitrogens with one attached hydrogen (secondary N) is 2. The molecule has 0 spiro atoms. The minimum Gasteiger partial charge on any atom is -0.381 e. The molecule has 0 aromatic carbocycles. The fraction of sp³-hybridized carbons (Fsp3) is 0.778. The van der Waals surface area contributed by atoms with Gasteiger partial charge in [-0.25, -0.2) is 9.98 Å². The van der Waals surface area contributed by atoms with Gasteiger partial charge in [-0.15, -0.1) is 11.3 Å². The summed E-state index contributed by atoms with van der Waals surface area (Å²) >= 11 is 1.68. The maximum atomic E-state index is 5.89. The molecule has 0 aliphatic carbocycles. The second kappa shape index (κ2) is 11.4. The molecule has 0 radical (unpaired) electrons. The summed E-state index contributed by atoms with van der Waals surface area (Å²) < 4.78 is 11.2. The SMILES string of the molecule is CCNC(=NCc1nc(C(C)C)cs1)NCCCOC1CCOCC1. The van der Waals surface area contributed by atoms with E-state index in [-0.39, 0.29) is 0 Å². The summed E-state index contributed by atoms with van der Waals surface area (Å²) in [7, 11) is 0. The van der Waals surface area contributed by atoms with Crippen LogP contribution in [0, 0.1) is 0 Å². The minimum atomic E-state index is 0.371. The van der Waals surface area contributed by atoms with Crippen LogP contribution in [-0.4, -0.2) is 50.0 Å². The highest BCUT2D eigenvalue weighted by atomic mass is 32.1. The minimum absolute atomic E-state index is 0.371. The van der Waals surface area contributed by atoms with Crippen LogP contribution in [0.2, 0.25) is 0 Å². The number of aromatic nitrogens is 1. The smallest absolute Gasteiger partial charge is 0.191 e. The zero-order valence-electron chi connectivity index (χ0n) is 15.7. The van der Waals surface area contributed by atoms with Crippen molar-refractivity contribution in [3.63, 3.8) is 0 Å². The van der Waals surface area contributed by atoms with Gasteiger partial charge < -0.3 is 20.1 Å². The topological polar surface area (TPSA) is 67.8 Å². The Balaban J connectivity index is 1.67. The second-order valence-corrected chi connectivity index (χ2v) is 7.42. The molecule has 1 aliphatic rings. The van der Waals surface area contributed by atoms with E-state index in [0.29, 0.717) is 18.6 Å². The lowest BCUT2D eigenvalue weighted by atomic mass is 10.1. The summed E-state index contributed by atoms with van der Waals surface area (Å²) in [5.74, 6) is 1.31. The van der Waals surface area contributed by atoms with Crippen LogP contribution in [0.1, 0.15) is 56.7 Å². The second-order valence-electron chi connectivity index (χ2n) is 6.48. The molecule has 0 saturated carbocycles. The molecule has 25 heavy (non-hydrogen) atoms. The van der Waals surface area contributed by atoms with Gasteiger partial charge in [0.05, 0.1) is 18.3 Å². The van der Waals surface area contributed by atoms with Gasteiger partial charge in [-0.1, -0.05) is 13.8 Å². The van der Waals surface area contributed by atoms with Crippen molar-refractivity contribution in [3.8, 4) is 0 Å². The molecular weight excluding hydrogens is 336 g/mol. The lowest BCUT2D eigenvalue weighted by Gasteiger charge is -2.22. The summed E-state index contributed by atoms with van der Waals surface area (Å²) in [6.07, 6.45) is 3.37. The van der Waals surface area contributed by atoms with Crippen LogP contribution >= 0.6 is 11.3 Å². The molecule has 2 N–H and O–H groups in total. The molecule has 1 aromatic rings. The molecular formula is C18H32N4O2S. The molecule has 0 amide bonds. The summed E-state index contributed by atoms with van der Waals surface area (Å²) in [6, 6.07) is 0. The van der Waals surface area contributed by atoms with E-state index in [4.69, 9.17) is 9.47 Å². The highest BCUT2D eigenvalue weighted by molar-refractivity contribution is 7.09. The summed E-state index contributed by atoms with van der Waals surface area (Å²) in [5, 5.41) is 9.84. The molecule has 1 aromatic heterocycles. The number of ether oxygens (including phenoxy) is 2. The van der Waals surface area contributed by atoms with E-state index in [1.54, 1.807) is 11.3 Å². The van der Waals surface area contributed by atoms with Gasteiger partial charge in [-0.05, 0) is 32.1 Å². The zero-order chi connectivity index (χ0) is 17.9. The molecule has 1 aliphatic heterocycles.